The predicted octanol–water partition coefficient (Wildman–Crippen LogP) is 3.14. The van der Waals surface area contributed by atoms with Gasteiger partial charge in [-0.25, -0.2) is 4.79 Å². The van der Waals surface area contributed by atoms with Crippen molar-refractivity contribution in [1.82, 2.24) is 15.1 Å². The summed E-state index contributed by atoms with van der Waals surface area (Å²) in [7, 11) is 1.85. The van der Waals surface area contributed by atoms with Crippen LogP contribution < -0.4 is 5.32 Å². The molecule has 1 amide bonds. The number of benzene rings is 1. The lowest BCUT2D eigenvalue weighted by molar-refractivity contribution is 0.0696. The Morgan fingerprint density at radius 2 is 2.04 bits per heavy atom. The van der Waals surface area contributed by atoms with Gasteiger partial charge in [0.2, 0.25) is 0 Å². The van der Waals surface area contributed by atoms with E-state index in [2.05, 4.69) is 10.4 Å². The van der Waals surface area contributed by atoms with Gasteiger partial charge in [0.15, 0.2) is 0 Å². The Morgan fingerprint density at radius 3 is 2.77 bits per heavy atom. The molecular formula is C20H25N3O3. The molecule has 0 spiro atoms. The van der Waals surface area contributed by atoms with Crippen molar-refractivity contribution >= 4 is 11.9 Å². The van der Waals surface area contributed by atoms with Crippen LogP contribution in [0.4, 0.5) is 0 Å². The lowest BCUT2D eigenvalue weighted by atomic mass is 9.85. The van der Waals surface area contributed by atoms with Crippen molar-refractivity contribution in [3.8, 4) is 0 Å². The van der Waals surface area contributed by atoms with Crippen LogP contribution in [0.25, 0.3) is 0 Å². The van der Waals surface area contributed by atoms with Crippen LogP contribution in [0.5, 0.6) is 0 Å². The first kappa shape index (κ1) is 18.2. The van der Waals surface area contributed by atoms with Crippen molar-refractivity contribution in [2.75, 3.05) is 6.54 Å². The average molecular weight is 355 g/mol. The Morgan fingerprint density at radius 1 is 1.27 bits per heavy atom. The van der Waals surface area contributed by atoms with Crippen LogP contribution in [0.3, 0.4) is 0 Å². The Bertz CT molecular complexity index is 791. The van der Waals surface area contributed by atoms with Gasteiger partial charge in [-0.3, -0.25) is 9.48 Å². The second-order valence-corrected chi connectivity index (χ2v) is 6.95. The number of aryl methyl sites for hydroxylation is 1. The van der Waals surface area contributed by atoms with Gasteiger partial charge >= 0.3 is 5.97 Å². The number of carboxylic acids is 1. The van der Waals surface area contributed by atoms with Crippen molar-refractivity contribution < 1.29 is 14.7 Å². The minimum atomic E-state index is -0.941. The number of hydrogen-bond acceptors (Lipinski definition) is 3. The van der Waals surface area contributed by atoms with Gasteiger partial charge in [0.25, 0.3) is 5.91 Å². The minimum absolute atomic E-state index is 0.104. The zero-order chi connectivity index (χ0) is 18.5. The molecule has 0 atom stereocenters. The number of nitrogens with one attached hydrogen (secondary N) is 1. The number of amides is 1. The van der Waals surface area contributed by atoms with Crippen LogP contribution in [0.15, 0.2) is 30.5 Å². The smallest absolute Gasteiger partial charge is 0.335 e. The number of carboxylic acid groups (broad SMARTS) is 1. The first-order valence-corrected chi connectivity index (χ1v) is 9.18. The summed E-state index contributed by atoms with van der Waals surface area (Å²) in [5.41, 5.74) is 2.74. The topological polar surface area (TPSA) is 84.2 Å². The largest absolute Gasteiger partial charge is 0.478 e. The monoisotopic (exact) mass is 355 g/mol. The molecule has 6 nitrogen and oxygen atoms in total. The predicted molar refractivity (Wildman–Crippen MR) is 98.5 cm³/mol. The first-order valence-electron chi connectivity index (χ1n) is 9.18. The van der Waals surface area contributed by atoms with E-state index in [1.807, 2.05) is 13.1 Å². The third-order valence-corrected chi connectivity index (χ3v) is 4.97. The molecule has 1 saturated carbocycles. The van der Waals surface area contributed by atoms with Gasteiger partial charge in [0.1, 0.15) is 0 Å². The number of aromatic carboxylic acids is 1. The second kappa shape index (κ2) is 8.17. The van der Waals surface area contributed by atoms with Crippen LogP contribution in [-0.4, -0.2) is 33.3 Å². The Kier molecular flexibility index (Phi) is 5.71. The summed E-state index contributed by atoms with van der Waals surface area (Å²) >= 11 is 0. The molecule has 2 N–H and O–H groups in total. The molecule has 1 heterocycles. The lowest BCUT2D eigenvalue weighted by Gasteiger charge is -2.20. The zero-order valence-corrected chi connectivity index (χ0v) is 15.1. The maximum Gasteiger partial charge on any atom is 0.335 e. The highest BCUT2D eigenvalue weighted by atomic mass is 16.4. The minimum Gasteiger partial charge on any atom is -0.478 e. The van der Waals surface area contributed by atoms with Crippen LogP contribution in [-0.2, 0) is 13.5 Å². The van der Waals surface area contributed by atoms with Crippen molar-refractivity contribution in [2.45, 2.75) is 44.4 Å². The quantitative estimate of drug-likeness (QED) is 0.834. The number of nitrogens with zero attached hydrogens (tertiary/aromatic N) is 2. The highest BCUT2D eigenvalue weighted by Gasteiger charge is 2.24. The summed E-state index contributed by atoms with van der Waals surface area (Å²) < 4.78 is 1.72. The number of rotatable bonds is 6. The molecule has 3 rings (SSSR count). The van der Waals surface area contributed by atoms with E-state index in [0.29, 0.717) is 24.4 Å². The summed E-state index contributed by atoms with van der Waals surface area (Å²) in [6.07, 6.45) is 8.24. The summed E-state index contributed by atoms with van der Waals surface area (Å²) in [5, 5.41) is 16.5. The SMILES string of the molecule is Cn1cc(C(=O)NCCc2cccc(C(=O)O)c2)c(C2CCCCC2)n1. The maximum atomic E-state index is 12.6. The van der Waals surface area contributed by atoms with Gasteiger partial charge < -0.3 is 10.4 Å². The Labute approximate surface area is 153 Å². The number of aromatic nitrogens is 2. The fourth-order valence-corrected chi connectivity index (χ4v) is 3.63. The molecule has 0 bridgehead atoms. The molecule has 1 fully saturated rings. The van der Waals surface area contributed by atoms with Crippen molar-refractivity contribution in [3.63, 3.8) is 0 Å². The molecule has 1 aliphatic rings. The zero-order valence-electron chi connectivity index (χ0n) is 15.1. The van der Waals surface area contributed by atoms with Gasteiger partial charge in [-0.05, 0) is 37.0 Å². The molecule has 138 valence electrons. The van der Waals surface area contributed by atoms with Crippen molar-refractivity contribution in [3.05, 3.63) is 52.8 Å². The highest BCUT2D eigenvalue weighted by molar-refractivity contribution is 5.95. The van der Waals surface area contributed by atoms with Gasteiger partial charge in [0, 0.05) is 25.7 Å². The summed E-state index contributed by atoms with van der Waals surface area (Å²) in [5.74, 6) is -0.672. The van der Waals surface area contributed by atoms with Crippen LogP contribution in [0, 0.1) is 0 Å². The number of hydrogen-bond donors (Lipinski definition) is 2. The second-order valence-electron chi connectivity index (χ2n) is 6.95. The highest BCUT2D eigenvalue weighted by Crippen LogP contribution is 2.33. The van der Waals surface area contributed by atoms with E-state index in [4.69, 9.17) is 5.11 Å². The number of carbonyl (C=O) groups excluding carboxylic acids is 1. The van der Waals surface area contributed by atoms with Crippen molar-refractivity contribution in [1.29, 1.82) is 0 Å². The average Bonchev–Trinajstić information content (AvgIpc) is 3.04. The molecule has 6 heteroatoms. The fourth-order valence-electron chi connectivity index (χ4n) is 3.63. The third kappa shape index (κ3) is 4.31. The molecule has 0 saturated heterocycles. The Balaban J connectivity index is 1.62. The molecular weight excluding hydrogens is 330 g/mol. The number of carbonyl (C=O) groups is 2. The Hall–Kier alpha value is -2.63. The van der Waals surface area contributed by atoms with E-state index in [0.717, 1.165) is 24.1 Å². The van der Waals surface area contributed by atoms with Crippen LogP contribution in [0.1, 0.15) is 70.0 Å². The van der Waals surface area contributed by atoms with E-state index < -0.39 is 5.97 Å². The molecule has 0 unspecified atom stereocenters. The lowest BCUT2D eigenvalue weighted by Crippen LogP contribution is -2.27. The summed E-state index contributed by atoms with van der Waals surface area (Å²) in [4.78, 5) is 23.7. The molecule has 26 heavy (non-hydrogen) atoms. The first-order chi connectivity index (χ1) is 12.5. The van der Waals surface area contributed by atoms with Gasteiger partial charge in [0.05, 0.1) is 16.8 Å². The molecule has 2 aromatic rings. The van der Waals surface area contributed by atoms with Crippen LogP contribution in [0.2, 0.25) is 0 Å². The van der Waals surface area contributed by atoms with Gasteiger partial charge in [-0.2, -0.15) is 5.10 Å². The van der Waals surface area contributed by atoms with E-state index in [9.17, 15) is 9.59 Å². The normalized spacial score (nSPS) is 15.0. The molecule has 0 radical (unpaired) electrons. The summed E-state index contributed by atoms with van der Waals surface area (Å²) in [6, 6.07) is 6.81. The summed E-state index contributed by atoms with van der Waals surface area (Å²) in [6.45, 7) is 0.459. The van der Waals surface area contributed by atoms with E-state index in [1.165, 1.54) is 19.3 Å². The standard InChI is InChI=1S/C20H25N3O3/c1-23-13-17(18(22-23)15-7-3-2-4-8-15)19(24)21-11-10-14-6-5-9-16(12-14)20(25)26/h5-6,9,12-13,15H,2-4,7-8,10-11H2,1H3,(H,21,24)(H,25,26). The van der Waals surface area contributed by atoms with E-state index in [1.54, 1.807) is 29.1 Å². The van der Waals surface area contributed by atoms with Gasteiger partial charge in [-0.1, -0.05) is 31.4 Å². The molecule has 0 aliphatic heterocycles. The molecule has 1 aromatic carbocycles. The maximum absolute atomic E-state index is 12.6. The van der Waals surface area contributed by atoms with Crippen molar-refractivity contribution in [2.24, 2.45) is 7.05 Å². The van der Waals surface area contributed by atoms with Gasteiger partial charge in [-0.15, -0.1) is 0 Å². The van der Waals surface area contributed by atoms with E-state index >= 15 is 0 Å². The third-order valence-electron chi connectivity index (χ3n) is 4.97. The van der Waals surface area contributed by atoms with Crippen LogP contribution >= 0.6 is 0 Å². The molecule has 1 aromatic heterocycles. The fraction of sp³-hybridized carbons (Fsp3) is 0.450. The molecule has 1 aliphatic carbocycles. The van der Waals surface area contributed by atoms with E-state index in [-0.39, 0.29) is 11.5 Å².